The molecule has 0 atom stereocenters. The van der Waals surface area contributed by atoms with E-state index in [2.05, 4.69) is 29.6 Å². The van der Waals surface area contributed by atoms with E-state index in [9.17, 15) is 13.2 Å². The average Bonchev–Trinajstić information content (AvgIpc) is 2.87. The molecule has 2 aromatic rings. The zero-order chi connectivity index (χ0) is 19.9. The molecule has 2 aromatic carbocycles. The van der Waals surface area contributed by atoms with E-state index in [4.69, 9.17) is 19.4 Å². The molecular formula is C19H20F3NO4. The van der Waals surface area contributed by atoms with Gasteiger partial charge in [0, 0.05) is 29.8 Å². The molecule has 1 heterocycles. The van der Waals surface area contributed by atoms with Crippen molar-refractivity contribution in [2.24, 2.45) is 0 Å². The van der Waals surface area contributed by atoms with Crippen molar-refractivity contribution >= 4 is 5.97 Å². The third kappa shape index (κ3) is 5.62. The summed E-state index contributed by atoms with van der Waals surface area (Å²) in [5, 5.41) is 10.5. The number of hydrogen-bond donors (Lipinski definition) is 2. The highest BCUT2D eigenvalue weighted by molar-refractivity contribution is 5.77. The fraction of sp³-hybridized carbons (Fsp3) is 0.316. The zero-order valence-corrected chi connectivity index (χ0v) is 14.7. The average molecular weight is 383 g/mol. The highest BCUT2D eigenvalue weighted by Gasteiger charge is 2.38. The number of carboxylic acid groups (broad SMARTS) is 1. The summed E-state index contributed by atoms with van der Waals surface area (Å²) in [5.74, 6) is -0.874. The zero-order valence-electron chi connectivity index (χ0n) is 14.7. The van der Waals surface area contributed by atoms with Crippen LogP contribution in [0.25, 0.3) is 11.1 Å². The van der Waals surface area contributed by atoms with Gasteiger partial charge >= 0.3 is 12.1 Å². The van der Waals surface area contributed by atoms with Gasteiger partial charge in [0.25, 0.3) is 0 Å². The van der Waals surface area contributed by atoms with Crippen molar-refractivity contribution in [3.63, 3.8) is 0 Å². The molecule has 8 heteroatoms. The summed E-state index contributed by atoms with van der Waals surface area (Å²) in [6.45, 7) is 5.08. The molecule has 1 aliphatic rings. The van der Waals surface area contributed by atoms with Crippen molar-refractivity contribution in [3.05, 3.63) is 48.0 Å². The Morgan fingerprint density at radius 3 is 2.52 bits per heavy atom. The first-order valence-corrected chi connectivity index (χ1v) is 8.32. The molecule has 0 radical (unpaired) electrons. The molecule has 0 amide bonds. The lowest BCUT2D eigenvalue weighted by Crippen LogP contribution is -2.21. The summed E-state index contributed by atoms with van der Waals surface area (Å²) in [7, 11) is 0. The SMILES string of the molecule is CCOc1ccccc1-c1cccc2c1OCCNC2.O=C(O)C(F)(F)F. The van der Waals surface area contributed by atoms with Crippen LogP contribution >= 0.6 is 0 Å². The molecule has 0 aliphatic carbocycles. The van der Waals surface area contributed by atoms with Crippen LogP contribution in [0, 0.1) is 0 Å². The van der Waals surface area contributed by atoms with E-state index in [0.29, 0.717) is 13.2 Å². The summed E-state index contributed by atoms with van der Waals surface area (Å²) in [6, 6.07) is 14.4. The van der Waals surface area contributed by atoms with Crippen LogP contribution in [0.3, 0.4) is 0 Å². The quantitative estimate of drug-likeness (QED) is 0.842. The lowest BCUT2D eigenvalue weighted by Gasteiger charge is -2.15. The Morgan fingerprint density at radius 2 is 1.85 bits per heavy atom. The second kappa shape index (κ2) is 9.27. The number of hydrogen-bond acceptors (Lipinski definition) is 4. The van der Waals surface area contributed by atoms with E-state index < -0.39 is 12.1 Å². The molecule has 0 unspecified atom stereocenters. The van der Waals surface area contributed by atoms with Crippen LogP contribution in [0.15, 0.2) is 42.5 Å². The van der Waals surface area contributed by atoms with Crippen molar-refractivity contribution in [1.82, 2.24) is 5.32 Å². The van der Waals surface area contributed by atoms with Crippen molar-refractivity contribution in [1.29, 1.82) is 0 Å². The number of ether oxygens (including phenoxy) is 2. The highest BCUT2D eigenvalue weighted by Crippen LogP contribution is 2.38. The van der Waals surface area contributed by atoms with E-state index >= 15 is 0 Å². The Hall–Kier alpha value is -2.74. The highest BCUT2D eigenvalue weighted by atomic mass is 19.4. The maximum absolute atomic E-state index is 10.6. The molecule has 0 spiro atoms. The first-order valence-electron chi connectivity index (χ1n) is 8.32. The van der Waals surface area contributed by atoms with Crippen LogP contribution in [0.2, 0.25) is 0 Å². The van der Waals surface area contributed by atoms with E-state index in [1.165, 1.54) is 5.56 Å². The Balaban J connectivity index is 0.000000321. The standard InChI is InChI=1S/C17H19NO2.C2HF3O2/c1-2-19-16-9-4-3-7-14(16)15-8-5-6-13-12-18-10-11-20-17(13)15;3-2(4,5)1(6)7/h3-9,18H,2,10-12H2,1H3;(H,6,7). The molecular weight excluding hydrogens is 363 g/mol. The number of carbonyl (C=O) groups is 1. The maximum atomic E-state index is 10.6. The minimum atomic E-state index is -5.08. The van der Waals surface area contributed by atoms with Crippen molar-refractivity contribution in [2.75, 3.05) is 19.8 Å². The first kappa shape index (κ1) is 20.6. The fourth-order valence-electron chi connectivity index (χ4n) is 2.53. The lowest BCUT2D eigenvalue weighted by atomic mass is 10.0. The van der Waals surface area contributed by atoms with Gasteiger partial charge in [0.15, 0.2) is 0 Å². The number of fused-ring (bicyclic) bond motifs is 1. The largest absolute Gasteiger partial charge is 0.493 e. The fourth-order valence-corrected chi connectivity index (χ4v) is 2.53. The van der Waals surface area contributed by atoms with Gasteiger partial charge in [-0.15, -0.1) is 0 Å². The smallest absolute Gasteiger partial charge is 0.490 e. The van der Waals surface area contributed by atoms with Crippen molar-refractivity contribution < 1.29 is 32.5 Å². The van der Waals surface area contributed by atoms with Crippen LogP contribution in [-0.4, -0.2) is 37.0 Å². The second-order valence-electron chi connectivity index (χ2n) is 5.55. The summed E-state index contributed by atoms with van der Waals surface area (Å²) >= 11 is 0. The van der Waals surface area contributed by atoms with Gasteiger partial charge in [-0.1, -0.05) is 36.4 Å². The number of alkyl halides is 3. The van der Waals surface area contributed by atoms with Crippen LogP contribution in [-0.2, 0) is 11.3 Å². The summed E-state index contributed by atoms with van der Waals surface area (Å²) < 4.78 is 43.4. The van der Waals surface area contributed by atoms with Gasteiger partial charge in [0.05, 0.1) is 6.61 Å². The Labute approximate surface area is 154 Å². The van der Waals surface area contributed by atoms with Gasteiger partial charge in [-0.2, -0.15) is 13.2 Å². The molecule has 0 fully saturated rings. The van der Waals surface area contributed by atoms with Gasteiger partial charge in [0.2, 0.25) is 0 Å². The maximum Gasteiger partial charge on any atom is 0.490 e. The van der Waals surface area contributed by atoms with Crippen molar-refractivity contribution in [3.8, 4) is 22.6 Å². The molecule has 27 heavy (non-hydrogen) atoms. The first-order chi connectivity index (χ1) is 12.8. The van der Waals surface area contributed by atoms with Crippen LogP contribution in [0.1, 0.15) is 12.5 Å². The number of para-hydroxylation sites is 2. The molecule has 3 rings (SSSR count). The molecule has 0 aromatic heterocycles. The molecule has 2 N–H and O–H groups in total. The van der Waals surface area contributed by atoms with Gasteiger partial charge < -0.3 is 19.9 Å². The number of carboxylic acids is 1. The number of halogens is 3. The van der Waals surface area contributed by atoms with E-state index in [0.717, 1.165) is 35.7 Å². The molecule has 1 aliphatic heterocycles. The summed E-state index contributed by atoms with van der Waals surface area (Å²) in [6.07, 6.45) is -5.08. The number of rotatable bonds is 3. The van der Waals surface area contributed by atoms with Gasteiger partial charge in [-0.25, -0.2) is 4.79 Å². The third-order valence-corrected chi connectivity index (χ3v) is 3.66. The Morgan fingerprint density at radius 1 is 1.19 bits per heavy atom. The summed E-state index contributed by atoms with van der Waals surface area (Å²) in [5.41, 5.74) is 3.40. The second-order valence-corrected chi connectivity index (χ2v) is 5.55. The van der Waals surface area contributed by atoms with E-state index in [1.54, 1.807) is 0 Å². The van der Waals surface area contributed by atoms with Gasteiger partial charge in [-0.05, 0) is 13.0 Å². The van der Waals surface area contributed by atoms with Crippen LogP contribution in [0.4, 0.5) is 13.2 Å². The molecule has 5 nitrogen and oxygen atoms in total. The van der Waals surface area contributed by atoms with Gasteiger partial charge in [0.1, 0.15) is 18.1 Å². The molecule has 0 bridgehead atoms. The normalized spacial score (nSPS) is 13.3. The predicted octanol–water partition coefficient (Wildman–Crippen LogP) is 3.87. The van der Waals surface area contributed by atoms with Crippen LogP contribution < -0.4 is 14.8 Å². The topological polar surface area (TPSA) is 67.8 Å². The Kier molecular flexibility index (Phi) is 7.06. The minimum Gasteiger partial charge on any atom is -0.493 e. The predicted molar refractivity (Wildman–Crippen MR) is 93.9 cm³/mol. The monoisotopic (exact) mass is 383 g/mol. The molecule has 0 saturated carbocycles. The molecule has 146 valence electrons. The lowest BCUT2D eigenvalue weighted by molar-refractivity contribution is -0.192. The van der Waals surface area contributed by atoms with Gasteiger partial charge in [-0.3, -0.25) is 0 Å². The number of nitrogens with one attached hydrogen (secondary N) is 1. The number of aliphatic carboxylic acids is 1. The van der Waals surface area contributed by atoms with E-state index in [1.807, 2.05) is 25.1 Å². The molecule has 0 saturated heterocycles. The number of benzene rings is 2. The Bertz CT molecular complexity index is 778. The van der Waals surface area contributed by atoms with Crippen LogP contribution in [0.5, 0.6) is 11.5 Å². The summed E-state index contributed by atoms with van der Waals surface area (Å²) in [4.78, 5) is 8.90. The van der Waals surface area contributed by atoms with E-state index in [-0.39, 0.29) is 0 Å². The minimum absolute atomic E-state index is 0.661. The third-order valence-electron chi connectivity index (χ3n) is 3.66. The van der Waals surface area contributed by atoms with Crippen molar-refractivity contribution in [2.45, 2.75) is 19.6 Å².